The molecule has 3 nitrogen and oxygen atoms in total. The van der Waals surface area contributed by atoms with Crippen LogP contribution in [0.1, 0.15) is 25.0 Å². The van der Waals surface area contributed by atoms with Crippen LogP contribution in [0.4, 0.5) is 5.69 Å². The number of anilines is 1. The second kappa shape index (κ2) is 6.75. The van der Waals surface area contributed by atoms with Gasteiger partial charge in [0.25, 0.3) is 0 Å². The van der Waals surface area contributed by atoms with Crippen LogP contribution in [-0.2, 0) is 6.54 Å². The lowest BCUT2D eigenvalue weighted by Crippen LogP contribution is -2.09. The van der Waals surface area contributed by atoms with Gasteiger partial charge in [-0.25, -0.2) is 4.98 Å². The number of hydrogen-bond donors (Lipinski definition) is 1. The number of nitrogens with one attached hydrogen (secondary N) is 1. The summed E-state index contributed by atoms with van der Waals surface area (Å²) < 4.78 is 6.69. The van der Waals surface area contributed by atoms with E-state index in [2.05, 4.69) is 38.4 Å². The van der Waals surface area contributed by atoms with Crippen LogP contribution in [0.2, 0.25) is 0 Å². The summed E-state index contributed by atoms with van der Waals surface area (Å²) in [5.41, 5.74) is 3.26. The first kappa shape index (κ1) is 14.9. The van der Waals surface area contributed by atoms with Gasteiger partial charge in [-0.1, -0.05) is 18.2 Å². The predicted octanol–water partition coefficient (Wildman–Crippen LogP) is 4.55. The number of benzene rings is 1. The standard InChI is InChI=1S/C16H19BrN2O/c1-11(2)20-15-7-5-4-6-13(15)9-18-14-8-12(3)16(17)19-10-14/h4-8,10-11,18H,9H2,1-3H3. The number of aromatic nitrogens is 1. The van der Waals surface area contributed by atoms with Crippen LogP contribution >= 0.6 is 15.9 Å². The lowest BCUT2D eigenvalue weighted by Gasteiger charge is -2.15. The molecular weight excluding hydrogens is 316 g/mol. The number of rotatable bonds is 5. The molecule has 0 aliphatic carbocycles. The number of pyridine rings is 1. The van der Waals surface area contributed by atoms with Crippen LogP contribution in [-0.4, -0.2) is 11.1 Å². The number of ether oxygens (including phenoxy) is 1. The zero-order valence-electron chi connectivity index (χ0n) is 12.0. The van der Waals surface area contributed by atoms with Gasteiger partial charge in [0.1, 0.15) is 10.4 Å². The Bertz CT molecular complexity index is 584. The summed E-state index contributed by atoms with van der Waals surface area (Å²) in [6.07, 6.45) is 2.00. The highest BCUT2D eigenvalue weighted by Gasteiger charge is 2.05. The quantitative estimate of drug-likeness (QED) is 0.814. The summed E-state index contributed by atoms with van der Waals surface area (Å²) in [5, 5.41) is 3.38. The molecule has 2 rings (SSSR count). The summed E-state index contributed by atoms with van der Waals surface area (Å²) in [4.78, 5) is 4.28. The van der Waals surface area contributed by atoms with E-state index in [0.717, 1.165) is 27.2 Å². The number of halogens is 1. The highest BCUT2D eigenvalue weighted by atomic mass is 79.9. The number of hydrogen-bond acceptors (Lipinski definition) is 3. The zero-order chi connectivity index (χ0) is 14.5. The van der Waals surface area contributed by atoms with Crippen molar-refractivity contribution in [3.8, 4) is 5.75 Å². The van der Waals surface area contributed by atoms with E-state index in [4.69, 9.17) is 4.74 Å². The van der Waals surface area contributed by atoms with E-state index in [1.165, 1.54) is 0 Å². The van der Waals surface area contributed by atoms with Crippen LogP contribution in [0.3, 0.4) is 0 Å². The molecule has 0 aliphatic heterocycles. The fourth-order valence-electron chi connectivity index (χ4n) is 1.87. The molecule has 4 heteroatoms. The third-order valence-corrected chi connectivity index (χ3v) is 3.66. The van der Waals surface area contributed by atoms with Gasteiger partial charge >= 0.3 is 0 Å². The maximum Gasteiger partial charge on any atom is 0.124 e. The van der Waals surface area contributed by atoms with Crippen LogP contribution in [0, 0.1) is 6.92 Å². The minimum absolute atomic E-state index is 0.174. The topological polar surface area (TPSA) is 34.1 Å². The smallest absolute Gasteiger partial charge is 0.124 e. The van der Waals surface area contributed by atoms with Crippen molar-refractivity contribution in [2.24, 2.45) is 0 Å². The lowest BCUT2D eigenvalue weighted by molar-refractivity contribution is 0.240. The van der Waals surface area contributed by atoms with Crippen molar-refractivity contribution in [2.45, 2.75) is 33.4 Å². The number of para-hydroxylation sites is 1. The summed E-state index contributed by atoms with van der Waals surface area (Å²) in [5.74, 6) is 0.928. The average molecular weight is 335 g/mol. The van der Waals surface area contributed by atoms with E-state index in [0.29, 0.717) is 6.54 Å². The Balaban J connectivity index is 2.08. The Morgan fingerprint density at radius 2 is 2.05 bits per heavy atom. The third kappa shape index (κ3) is 3.97. The Kier molecular flexibility index (Phi) is 5.01. The highest BCUT2D eigenvalue weighted by molar-refractivity contribution is 9.10. The minimum Gasteiger partial charge on any atom is -0.491 e. The predicted molar refractivity (Wildman–Crippen MR) is 86.2 cm³/mol. The molecule has 1 aromatic heterocycles. The van der Waals surface area contributed by atoms with Gasteiger partial charge in [0, 0.05) is 12.1 Å². The van der Waals surface area contributed by atoms with Crippen LogP contribution < -0.4 is 10.1 Å². The van der Waals surface area contributed by atoms with Crippen LogP contribution in [0.5, 0.6) is 5.75 Å². The molecule has 1 aromatic carbocycles. The third-order valence-electron chi connectivity index (χ3n) is 2.83. The van der Waals surface area contributed by atoms with Crippen molar-refractivity contribution >= 4 is 21.6 Å². The van der Waals surface area contributed by atoms with Crippen molar-refractivity contribution in [1.29, 1.82) is 0 Å². The van der Waals surface area contributed by atoms with Gasteiger partial charge in [-0.3, -0.25) is 0 Å². The van der Waals surface area contributed by atoms with Crippen LogP contribution in [0.25, 0.3) is 0 Å². The van der Waals surface area contributed by atoms with Gasteiger partial charge in [0.05, 0.1) is 18.0 Å². The zero-order valence-corrected chi connectivity index (χ0v) is 13.6. The van der Waals surface area contributed by atoms with E-state index in [-0.39, 0.29) is 6.10 Å². The van der Waals surface area contributed by atoms with Crippen LogP contribution in [0.15, 0.2) is 41.1 Å². The average Bonchev–Trinajstić information content (AvgIpc) is 2.41. The van der Waals surface area contributed by atoms with E-state index >= 15 is 0 Å². The second-order valence-corrected chi connectivity index (χ2v) is 5.71. The molecule has 0 spiro atoms. The van der Waals surface area contributed by atoms with Crippen molar-refractivity contribution in [2.75, 3.05) is 5.32 Å². The maximum absolute atomic E-state index is 5.81. The Morgan fingerprint density at radius 3 is 2.75 bits per heavy atom. The normalized spacial score (nSPS) is 10.7. The second-order valence-electron chi connectivity index (χ2n) is 4.96. The molecule has 0 aliphatic rings. The van der Waals surface area contributed by atoms with Crippen molar-refractivity contribution in [3.63, 3.8) is 0 Å². The first-order valence-corrected chi connectivity index (χ1v) is 7.46. The number of nitrogens with zero attached hydrogens (tertiary/aromatic N) is 1. The first-order chi connectivity index (χ1) is 9.56. The van der Waals surface area contributed by atoms with E-state index < -0.39 is 0 Å². The Morgan fingerprint density at radius 1 is 1.30 bits per heavy atom. The molecule has 0 radical (unpaired) electrons. The molecule has 0 unspecified atom stereocenters. The highest BCUT2D eigenvalue weighted by Crippen LogP contribution is 2.22. The van der Waals surface area contributed by atoms with E-state index in [1.54, 1.807) is 0 Å². The number of aryl methyl sites for hydroxylation is 1. The van der Waals surface area contributed by atoms with Gasteiger partial charge in [0.15, 0.2) is 0 Å². The van der Waals surface area contributed by atoms with Crippen molar-refractivity contribution < 1.29 is 4.74 Å². The summed E-state index contributed by atoms with van der Waals surface area (Å²) >= 11 is 3.41. The van der Waals surface area contributed by atoms with Gasteiger partial charge in [-0.05, 0) is 54.4 Å². The van der Waals surface area contributed by atoms with E-state index in [1.807, 2.05) is 45.2 Å². The Hall–Kier alpha value is -1.55. The van der Waals surface area contributed by atoms with Gasteiger partial charge in [-0.2, -0.15) is 0 Å². The van der Waals surface area contributed by atoms with Crippen molar-refractivity contribution in [1.82, 2.24) is 4.98 Å². The molecule has 0 bridgehead atoms. The fraction of sp³-hybridized carbons (Fsp3) is 0.312. The minimum atomic E-state index is 0.174. The molecule has 20 heavy (non-hydrogen) atoms. The summed E-state index contributed by atoms with van der Waals surface area (Å²) in [6.45, 7) is 6.81. The molecule has 2 aromatic rings. The molecule has 106 valence electrons. The molecule has 0 fully saturated rings. The summed E-state index contributed by atoms with van der Waals surface area (Å²) in [6, 6.07) is 10.2. The summed E-state index contributed by atoms with van der Waals surface area (Å²) in [7, 11) is 0. The molecular formula is C16H19BrN2O. The fourth-order valence-corrected chi connectivity index (χ4v) is 2.09. The molecule has 0 saturated carbocycles. The van der Waals surface area contributed by atoms with Gasteiger partial charge in [0.2, 0.25) is 0 Å². The molecule has 0 saturated heterocycles. The molecule has 1 N–H and O–H groups in total. The van der Waals surface area contributed by atoms with E-state index in [9.17, 15) is 0 Å². The SMILES string of the molecule is Cc1cc(NCc2ccccc2OC(C)C)cnc1Br. The lowest BCUT2D eigenvalue weighted by atomic mass is 10.2. The molecule has 0 atom stereocenters. The largest absolute Gasteiger partial charge is 0.491 e. The van der Waals surface area contributed by atoms with Gasteiger partial charge in [-0.15, -0.1) is 0 Å². The Labute approximate surface area is 128 Å². The maximum atomic E-state index is 5.81. The van der Waals surface area contributed by atoms with Crippen molar-refractivity contribution in [3.05, 3.63) is 52.3 Å². The van der Waals surface area contributed by atoms with Gasteiger partial charge < -0.3 is 10.1 Å². The monoisotopic (exact) mass is 334 g/mol. The molecule has 1 heterocycles. The molecule has 0 amide bonds. The first-order valence-electron chi connectivity index (χ1n) is 6.67.